The molecule has 4 amide bonds. The van der Waals surface area contributed by atoms with Crippen LogP contribution in [0.15, 0.2) is 10.6 Å². The molecule has 1 aliphatic heterocycles. The highest BCUT2D eigenvalue weighted by atomic mass is 35.5. The van der Waals surface area contributed by atoms with Crippen LogP contribution in [0, 0.1) is 11.3 Å². The third kappa shape index (κ3) is 6.36. The number of carbonyl (C=O) groups is 4. The first-order chi connectivity index (χ1) is 15.8. The molecule has 0 bridgehead atoms. The Morgan fingerprint density at radius 3 is 2.56 bits per heavy atom. The van der Waals surface area contributed by atoms with Crippen LogP contribution in [0.1, 0.15) is 48.9 Å². The Bertz CT molecular complexity index is 965. The highest BCUT2D eigenvalue weighted by Crippen LogP contribution is 2.49. The number of nitrogens with zero attached hydrogens (tertiary/aromatic N) is 2. The van der Waals surface area contributed by atoms with Gasteiger partial charge in [0.25, 0.3) is 23.4 Å². The van der Waals surface area contributed by atoms with Gasteiger partial charge in [-0.2, -0.15) is 13.2 Å². The molecule has 3 rings (SSSR count). The van der Waals surface area contributed by atoms with E-state index < -0.39 is 52.9 Å². The number of aromatic nitrogens is 1. The van der Waals surface area contributed by atoms with Gasteiger partial charge in [0.05, 0.1) is 12.5 Å². The predicted octanol–water partition coefficient (Wildman–Crippen LogP) is 1.51. The van der Waals surface area contributed by atoms with Crippen molar-refractivity contribution < 1.29 is 41.3 Å². The number of alkyl halides is 5. The van der Waals surface area contributed by atoms with Gasteiger partial charge in [0.2, 0.25) is 11.7 Å². The Balaban J connectivity index is 1.74. The van der Waals surface area contributed by atoms with Crippen molar-refractivity contribution in [3.63, 3.8) is 0 Å². The molecule has 1 aliphatic carbocycles. The Morgan fingerprint density at radius 1 is 1.38 bits per heavy atom. The number of hydrazine groups is 1. The summed E-state index contributed by atoms with van der Waals surface area (Å²) in [5.41, 5.74) is -1.35. The second kappa shape index (κ2) is 9.76. The Morgan fingerprint density at radius 2 is 2.06 bits per heavy atom. The number of rotatable bonds is 8. The van der Waals surface area contributed by atoms with Gasteiger partial charge in [0.15, 0.2) is 5.69 Å². The number of halogens is 5. The molecule has 2 heterocycles. The van der Waals surface area contributed by atoms with Gasteiger partial charge < -0.3 is 15.2 Å². The first-order valence-corrected chi connectivity index (χ1v) is 10.8. The van der Waals surface area contributed by atoms with Gasteiger partial charge in [0, 0.05) is 12.6 Å². The maximum Gasteiger partial charge on any atom is 0.452 e. The molecule has 0 spiro atoms. The van der Waals surface area contributed by atoms with E-state index in [0.29, 0.717) is 24.0 Å². The molecule has 0 radical (unpaired) electrons. The van der Waals surface area contributed by atoms with Crippen LogP contribution in [-0.2, 0) is 20.6 Å². The molecule has 34 heavy (non-hydrogen) atoms. The summed E-state index contributed by atoms with van der Waals surface area (Å²) in [5.74, 6) is -5.97. The Kier molecular flexibility index (Phi) is 7.38. The van der Waals surface area contributed by atoms with Crippen molar-refractivity contribution >= 4 is 35.2 Å². The average Bonchev–Trinajstić information content (AvgIpc) is 3.13. The van der Waals surface area contributed by atoms with Gasteiger partial charge in [-0.1, -0.05) is 23.7 Å². The van der Waals surface area contributed by atoms with E-state index in [2.05, 4.69) is 25.7 Å². The van der Waals surface area contributed by atoms with Crippen LogP contribution >= 0.6 is 11.6 Å². The minimum absolute atomic E-state index is 0.0838. The van der Waals surface area contributed by atoms with Gasteiger partial charge in [-0.05, 0) is 31.1 Å². The molecule has 1 aromatic rings. The fourth-order valence-electron chi connectivity index (χ4n) is 3.43. The molecular formula is C19H22ClF4N5O5. The second-order valence-electron chi connectivity index (χ2n) is 8.62. The molecule has 2 aliphatic rings. The SMILES string of the molecule is CC1(CC(NC(=O)c2cc(C(F)(F)F)on2)C(=O)NN(CC2CCNC2=O)C(=O)C(F)Cl)CC1. The summed E-state index contributed by atoms with van der Waals surface area (Å²) in [5, 5.41) is 8.48. The number of hydrogen-bond acceptors (Lipinski definition) is 6. The molecule has 188 valence electrons. The van der Waals surface area contributed by atoms with Crippen LogP contribution < -0.4 is 16.1 Å². The molecule has 3 unspecified atom stereocenters. The zero-order valence-electron chi connectivity index (χ0n) is 17.9. The minimum Gasteiger partial charge on any atom is -0.356 e. The highest BCUT2D eigenvalue weighted by molar-refractivity contribution is 6.29. The van der Waals surface area contributed by atoms with Crippen molar-refractivity contribution in [1.29, 1.82) is 0 Å². The van der Waals surface area contributed by atoms with Crippen LogP contribution in [-0.4, -0.2) is 58.6 Å². The standard InChI is InChI=1S/C19H22ClF4N5O5/c1-18(3-4-18)7-11(26-15(31)10-6-12(34-28-10)19(22,23)24)16(32)27-29(17(33)13(20)21)8-9-2-5-25-14(9)30/h6,9,11,13H,2-5,7-8H2,1H3,(H,25,30)(H,26,31)(H,27,32). The molecular weight excluding hydrogens is 490 g/mol. The normalized spacial score (nSPS) is 20.8. The lowest BCUT2D eigenvalue weighted by molar-refractivity contribution is -0.155. The van der Waals surface area contributed by atoms with E-state index >= 15 is 0 Å². The summed E-state index contributed by atoms with van der Waals surface area (Å²) in [6.45, 7) is 1.81. The van der Waals surface area contributed by atoms with Crippen molar-refractivity contribution in [2.45, 2.75) is 50.5 Å². The summed E-state index contributed by atoms with van der Waals surface area (Å²) in [7, 11) is 0. The lowest BCUT2D eigenvalue weighted by Gasteiger charge is -2.28. The number of amides is 4. The average molecular weight is 512 g/mol. The van der Waals surface area contributed by atoms with E-state index in [1.54, 1.807) is 0 Å². The molecule has 15 heteroatoms. The molecule has 1 saturated heterocycles. The quantitative estimate of drug-likeness (QED) is 0.275. The zero-order valence-corrected chi connectivity index (χ0v) is 18.6. The van der Waals surface area contributed by atoms with Crippen LogP contribution in [0.3, 0.4) is 0 Å². The first kappa shape index (κ1) is 25.7. The van der Waals surface area contributed by atoms with Gasteiger partial charge in [-0.15, -0.1) is 0 Å². The van der Waals surface area contributed by atoms with Crippen LogP contribution in [0.5, 0.6) is 0 Å². The summed E-state index contributed by atoms with van der Waals surface area (Å²) in [4.78, 5) is 49.5. The lowest BCUT2D eigenvalue weighted by Crippen LogP contribution is -2.57. The van der Waals surface area contributed by atoms with E-state index in [4.69, 9.17) is 11.6 Å². The van der Waals surface area contributed by atoms with Crippen molar-refractivity contribution in [2.75, 3.05) is 13.1 Å². The van der Waals surface area contributed by atoms with Crippen molar-refractivity contribution in [1.82, 2.24) is 26.2 Å². The molecule has 3 atom stereocenters. The number of carbonyl (C=O) groups excluding carboxylic acids is 4. The lowest BCUT2D eigenvalue weighted by atomic mass is 9.98. The van der Waals surface area contributed by atoms with Gasteiger partial charge in [0.1, 0.15) is 6.04 Å². The molecule has 2 fully saturated rings. The fourth-order valence-corrected chi connectivity index (χ4v) is 3.54. The van der Waals surface area contributed by atoms with E-state index in [-0.39, 0.29) is 24.3 Å². The summed E-state index contributed by atoms with van der Waals surface area (Å²) < 4.78 is 55.8. The molecule has 1 saturated carbocycles. The largest absolute Gasteiger partial charge is 0.452 e. The summed E-state index contributed by atoms with van der Waals surface area (Å²) >= 11 is 5.24. The third-order valence-corrected chi connectivity index (χ3v) is 5.89. The fraction of sp³-hybridized carbons (Fsp3) is 0.632. The van der Waals surface area contributed by atoms with E-state index in [1.807, 2.05) is 6.92 Å². The van der Waals surface area contributed by atoms with Crippen LogP contribution in [0.25, 0.3) is 0 Å². The third-order valence-electron chi connectivity index (χ3n) is 5.71. The number of hydrogen-bond donors (Lipinski definition) is 3. The van der Waals surface area contributed by atoms with E-state index in [0.717, 1.165) is 12.8 Å². The summed E-state index contributed by atoms with van der Waals surface area (Å²) in [6.07, 6.45) is -2.98. The van der Waals surface area contributed by atoms with Crippen LogP contribution in [0.4, 0.5) is 17.6 Å². The van der Waals surface area contributed by atoms with E-state index in [9.17, 15) is 36.7 Å². The molecule has 0 aromatic carbocycles. The zero-order chi connectivity index (χ0) is 25.3. The maximum absolute atomic E-state index is 13.5. The van der Waals surface area contributed by atoms with Gasteiger partial charge in [-0.3, -0.25) is 24.6 Å². The monoisotopic (exact) mass is 511 g/mol. The summed E-state index contributed by atoms with van der Waals surface area (Å²) in [6, 6.07) is -0.925. The van der Waals surface area contributed by atoms with Gasteiger partial charge in [-0.25, -0.2) is 9.40 Å². The smallest absolute Gasteiger partial charge is 0.356 e. The van der Waals surface area contributed by atoms with Crippen molar-refractivity contribution in [3.8, 4) is 0 Å². The molecule has 3 N–H and O–H groups in total. The molecule has 1 aromatic heterocycles. The highest BCUT2D eigenvalue weighted by Gasteiger charge is 2.43. The maximum atomic E-state index is 13.5. The number of nitrogens with one attached hydrogen (secondary N) is 3. The van der Waals surface area contributed by atoms with E-state index in [1.165, 1.54) is 0 Å². The van der Waals surface area contributed by atoms with Gasteiger partial charge >= 0.3 is 6.18 Å². The molecule has 10 nitrogen and oxygen atoms in total. The minimum atomic E-state index is -4.86. The Hall–Kier alpha value is -2.90. The van der Waals surface area contributed by atoms with Crippen molar-refractivity contribution in [2.24, 2.45) is 11.3 Å². The first-order valence-electron chi connectivity index (χ1n) is 10.3. The van der Waals surface area contributed by atoms with Crippen LogP contribution in [0.2, 0.25) is 0 Å². The Labute approximate surface area is 195 Å². The second-order valence-corrected chi connectivity index (χ2v) is 9.00. The van der Waals surface area contributed by atoms with Crippen molar-refractivity contribution in [3.05, 3.63) is 17.5 Å². The predicted molar refractivity (Wildman–Crippen MR) is 106 cm³/mol. The topological polar surface area (TPSA) is 134 Å².